The van der Waals surface area contributed by atoms with Gasteiger partial charge in [0.2, 0.25) is 0 Å². The predicted octanol–water partition coefficient (Wildman–Crippen LogP) is 3.89. The van der Waals surface area contributed by atoms with Gasteiger partial charge in [-0.05, 0) is 35.2 Å². The van der Waals surface area contributed by atoms with E-state index < -0.39 is 0 Å². The third-order valence-corrected chi connectivity index (χ3v) is 3.51. The van der Waals surface area contributed by atoms with E-state index in [9.17, 15) is 0 Å². The second kappa shape index (κ2) is 7.04. The van der Waals surface area contributed by atoms with Crippen LogP contribution in [-0.4, -0.2) is 23.6 Å². The van der Waals surface area contributed by atoms with Gasteiger partial charge in [-0.15, -0.1) is 0 Å². The molecule has 0 aliphatic carbocycles. The van der Waals surface area contributed by atoms with E-state index in [1.807, 2.05) is 0 Å². The van der Waals surface area contributed by atoms with Gasteiger partial charge in [-0.2, -0.15) is 0 Å². The Hall–Kier alpha value is -0.680. The van der Waals surface area contributed by atoms with Crippen molar-refractivity contribution in [1.29, 1.82) is 0 Å². The molecule has 0 spiro atoms. The maximum Gasteiger partial charge on any atom is 0.159 e. The maximum absolute atomic E-state index is 5.43. The van der Waals surface area contributed by atoms with Crippen molar-refractivity contribution in [1.82, 2.24) is 9.97 Å². The molecule has 1 aromatic heterocycles. The van der Waals surface area contributed by atoms with Gasteiger partial charge < -0.3 is 10.1 Å². The van der Waals surface area contributed by atoms with Gasteiger partial charge in [-0.3, -0.25) is 0 Å². The SMILES string of the molecule is CCNc1nc(C(CC)OC)nc(C(C)C)c1Br. The third kappa shape index (κ3) is 3.42. The minimum Gasteiger partial charge on any atom is -0.373 e. The van der Waals surface area contributed by atoms with Crippen LogP contribution in [0.4, 0.5) is 5.82 Å². The van der Waals surface area contributed by atoms with Crippen molar-refractivity contribution in [2.45, 2.75) is 46.1 Å². The van der Waals surface area contributed by atoms with Gasteiger partial charge in [0.15, 0.2) is 5.82 Å². The number of nitrogens with one attached hydrogen (secondary N) is 1. The van der Waals surface area contributed by atoms with Gasteiger partial charge in [0.25, 0.3) is 0 Å². The fourth-order valence-electron chi connectivity index (χ4n) is 1.75. The van der Waals surface area contributed by atoms with Gasteiger partial charge in [0, 0.05) is 13.7 Å². The van der Waals surface area contributed by atoms with Crippen molar-refractivity contribution in [3.8, 4) is 0 Å². The van der Waals surface area contributed by atoms with Crippen LogP contribution < -0.4 is 5.32 Å². The van der Waals surface area contributed by atoms with E-state index in [2.05, 4.69) is 58.9 Å². The number of hydrogen-bond acceptors (Lipinski definition) is 4. The average Bonchev–Trinajstić information content (AvgIpc) is 2.34. The average molecular weight is 316 g/mol. The molecule has 4 nitrogen and oxygen atoms in total. The topological polar surface area (TPSA) is 47.0 Å². The molecule has 0 saturated heterocycles. The summed E-state index contributed by atoms with van der Waals surface area (Å²) in [5.74, 6) is 1.94. The maximum atomic E-state index is 5.43. The Kier molecular flexibility index (Phi) is 6.02. The highest BCUT2D eigenvalue weighted by Gasteiger charge is 2.19. The van der Waals surface area contributed by atoms with Crippen LogP contribution in [0.3, 0.4) is 0 Å². The van der Waals surface area contributed by atoms with Crippen molar-refractivity contribution in [3.05, 3.63) is 16.0 Å². The lowest BCUT2D eigenvalue weighted by atomic mass is 10.1. The van der Waals surface area contributed by atoms with E-state index in [4.69, 9.17) is 4.74 Å². The summed E-state index contributed by atoms with van der Waals surface area (Å²) in [7, 11) is 1.70. The number of ether oxygens (including phenoxy) is 1. The van der Waals surface area contributed by atoms with Crippen LogP contribution in [0.15, 0.2) is 4.47 Å². The fraction of sp³-hybridized carbons (Fsp3) is 0.692. The van der Waals surface area contributed by atoms with Gasteiger partial charge in [0.1, 0.15) is 11.9 Å². The number of rotatable bonds is 6. The molecule has 0 bridgehead atoms. The molecular formula is C13H22BrN3O. The van der Waals surface area contributed by atoms with Crippen LogP contribution in [0.2, 0.25) is 0 Å². The Morgan fingerprint density at radius 1 is 1.28 bits per heavy atom. The number of aromatic nitrogens is 2. The van der Waals surface area contributed by atoms with Crippen molar-refractivity contribution in [2.75, 3.05) is 19.0 Å². The highest BCUT2D eigenvalue weighted by atomic mass is 79.9. The molecule has 0 radical (unpaired) electrons. The highest BCUT2D eigenvalue weighted by Crippen LogP contribution is 2.31. The third-order valence-electron chi connectivity index (χ3n) is 2.73. The Morgan fingerprint density at radius 3 is 2.39 bits per heavy atom. The number of nitrogens with zero attached hydrogens (tertiary/aromatic N) is 2. The molecular weight excluding hydrogens is 294 g/mol. The Bertz CT molecular complexity index is 392. The van der Waals surface area contributed by atoms with E-state index in [-0.39, 0.29) is 6.10 Å². The lowest BCUT2D eigenvalue weighted by Gasteiger charge is -2.18. The molecule has 18 heavy (non-hydrogen) atoms. The molecule has 1 rings (SSSR count). The number of hydrogen-bond donors (Lipinski definition) is 1. The Labute approximate surface area is 118 Å². The summed E-state index contributed by atoms with van der Waals surface area (Å²) < 4.78 is 6.38. The molecule has 0 aliphatic rings. The molecule has 0 amide bonds. The van der Waals surface area contributed by atoms with Crippen LogP contribution in [-0.2, 0) is 4.74 Å². The summed E-state index contributed by atoms with van der Waals surface area (Å²) >= 11 is 3.58. The Balaban J connectivity index is 3.27. The number of methoxy groups -OCH3 is 1. The van der Waals surface area contributed by atoms with E-state index in [1.165, 1.54) is 0 Å². The normalized spacial score (nSPS) is 12.8. The largest absolute Gasteiger partial charge is 0.373 e. The Morgan fingerprint density at radius 2 is 1.94 bits per heavy atom. The monoisotopic (exact) mass is 315 g/mol. The molecule has 1 N–H and O–H groups in total. The van der Waals surface area contributed by atoms with Crippen LogP contribution in [0.5, 0.6) is 0 Å². The lowest BCUT2D eigenvalue weighted by Crippen LogP contribution is -2.12. The second-order valence-corrected chi connectivity index (χ2v) is 5.24. The first-order valence-corrected chi connectivity index (χ1v) is 7.18. The molecule has 1 atom stereocenters. The van der Waals surface area contributed by atoms with Crippen molar-refractivity contribution < 1.29 is 4.74 Å². The van der Waals surface area contributed by atoms with E-state index in [0.29, 0.717) is 5.92 Å². The second-order valence-electron chi connectivity index (χ2n) is 4.45. The first kappa shape index (κ1) is 15.4. The molecule has 0 fully saturated rings. The minimum absolute atomic E-state index is 0.0481. The standard InChI is InChI=1S/C13H22BrN3O/c1-6-9(18-5)12-16-11(8(3)4)10(14)13(17-12)15-7-2/h8-9H,6-7H2,1-5H3,(H,15,16,17). The molecule has 5 heteroatoms. The molecule has 0 aromatic carbocycles. The summed E-state index contributed by atoms with van der Waals surface area (Å²) in [5, 5.41) is 3.26. The lowest BCUT2D eigenvalue weighted by molar-refractivity contribution is 0.0924. The predicted molar refractivity (Wildman–Crippen MR) is 78.0 cm³/mol. The van der Waals surface area contributed by atoms with Gasteiger partial charge in [0.05, 0.1) is 10.2 Å². The highest BCUT2D eigenvalue weighted by molar-refractivity contribution is 9.10. The molecule has 1 heterocycles. The zero-order valence-electron chi connectivity index (χ0n) is 11.7. The van der Waals surface area contributed by atoms with Crippen molar-refractivity contribution >= 4 is 21.7 Å². The summed E-state index contributed by atoms with van der Waals surface area (Å²) in [6.07, 6.45) is 0.814. The minimum atomic E-state index is -0.0481. The van der Waals surface area contributed by atoms with Gasteiger partial charge in [-0.1, -0.05) is 20.8 Å². The smallest absolute Gasteiger partial charge is 0.159 e. The first-order chi connectivity index (χ1) is 8.54. The summed E-state index contributed by atoms with van der Waals surface area (Å²) in [6, 6.07) is 0. The van der Waals surface area contributed by atoms with Gasteiger partial charge >= 0.3 is 0 Å². The molecule has 0 saturated carbocycles. The summed E-state index contributed by atoms with van der Waals surface area (Å²) in [6.45, 7) is 9.20. The molecule has 0 aliphatic heterocycles. The molecule has 1 unspecified atom stereocenters. The van der Waals surface area contributed by atoms with Gasteiger partial charge in [-0.25, -0.2) is 9.97 Å². The molecule has 1 aromatic rings. The van der Waals surface area contributed by atoms with Crippen LogP contribution >= 0.6 is 15.9 Å². The zero-order valence-corrected chi connectivity index (χ0v) is 13.3. The van der Waals surface area contributed by atoms with Crippen LogP contribution in [0.1, 0.15) is 57.7 Å². The number of anilines is 1. The number of halogens is 1. The van der Waals surface area contributed by atoms with Crippen LogP contribution in [0, 0.1) is 0 Å². The van der Waals surface area contributed by atoms with E-state index in [0.717, 1.165) is 34.8 Å². The van der Waals surface area contributed by atoms with E-state index in [1.54, 1.807) is 7.11 Å². The van der Waals surface area contributed by atoms with Crippen molar-refractivity contribution in [3.63, 3.8) is 0 Å². The van der Waals surface area contributed by atoms with E-state index >= 15 is 0 Å². The first-order valence-electron chi connectivity index (χ1n) is 6.39. The van der Waals surface area contributed by atoms with Crippen molar-refractivity contribution in [2.24, 2.45) is 0 Å². The summed E-state index contributed by atoms with van der Waals surface area (Å²) in [5.41, 5.74) is 1.02. The molecule has 102 valence electrons. The zero-order chi connectivity index (χ0) is 13.7. The fourth-order valence-corrected chi connectivity index (χ4v) is 2.52. The quantitative estimate of drug-likeness (QED) is 0.865. The summed E-state index contributed by atoms with van der Waals surface area (Å²) in [4.78, 5) is 9.19. The van der Waals surface area contributed by atoms with Crippen LogP contribution in [0.25, 0.3) is 0 Å².